The van der Waals surface area contributed by atoms with Crippen LogP contribution in [-0.4, -0.2) is 28.0 Å². The molecule has 1 aliphatic heterocycles. The molecular weight excluding hydrogens is 284 g/mol. The number of H-pyrrole nitrogens is 1. The van der Waals surface area contributed by atoms with Gasteiger partial charge in [0.15, 0.2) is 0 Å². The van der Waals surface area contributed by atoms with Crippen LogP contribution in [0.3, 0.4) is 0 Å². The van der Waals surface area contributed by atoms with Crippen LogP contribution < -0.4 is 5.32 Å². The predicted octanol–water partition coefficient (Wildman–Crippen LogP) is 3.69. The smallest absolute Gasteiger partial charge is 0.111 e. The molecule has 0 saturated carbocycles. The fourth-order valence-corrected chi connectivity index (χ4v) is 2.98. The SMILES string of the molecule is C=C/C=C(\C=C)c1[nH]c(C2CCCNC2)nc1-c1ccncc1. The molecule has 1 atom stereocenters. The monoisotopic (exact) mass is 306 g/mol. The lowest BCUT2D eigenvalue weighted by Crippen LogP contribution is -2.28. The molecule has 4 nitrogen and oxygen atoms in total. The molecule has 2 aromatic heterocycles. The van der Waals surface area contributed by atoms with Crippen molar-refractivity contribution < 1.29 is 0 Å². The summed E-state index contributed by atoms with van der Waals surface area (Å²) in [5.41, 5.74) is 3.99. The predicted molar refractivity (Wildman–Crippen MR) is 95.0 cm³/mol. The van der Waals surface area contributed by atoms with E-state index in [0.29, 0.717) is 5.92 Å². The Balaban J connectivity index is 2.08. The minimum atomic E-state index is 0.424. The summed E-state index contributed by atoms with van der Waals surface area (Å²) in [4.78, 5) is 12.5. The van der Waals surface area contributed by atoms with Crippen LogP contribution in [0, 0.1) is 0 Å². The van der Waals surface area contributed by atoms with Crippen LogP contribution >= 0.6 is 0 Å². The van der Waals surface area contributed by atoms with Crippen molar-refractivity contribution in [3.63, 3.8) is 0 Å². The molecule has 2 N–H and O–H groups in total. The molecule has 4 heteroatoms. The number of nitrogens with one attached hydrogen (secondary N) is 2. The molecule has 0 aromatic carbocycles. The van der Waals surface area contributed by atoms with Gasteiger partial charge in [-0.3, -0.25) is 4.98 Å². The Morgan fingerprint density at radius 3 is 2.74 bits per heavy atom. The molecule has 1 aliphatic rings. The number of aromatic nitrogens is 3. The Morgan fingerprint density at radius 2 is 2.09 bits per heavy atom. The first-order chi connectivity index (χ1) is 11.3. The molecule has 0 spiro atoms. The quantitative estimate of drug-likeness (QED) is 0.828. The number of piperidine rings is 1. The summed E-state index contributed by atoms with van der Waals surface area (Å²) in [5.74, 6) is 1.46. The zero-order valence-corrected chi connectivity index (χ0v) is 13.3. The number of hydrogen-bond acceptors (Lipinski definition) is 3. The van der Waals surface area contributed by atoms with Gasteiger partial charge in [-0.15, -0.1) is 0 Å². The van der Waals surface area contributed by atoms with E-state index in [0.717, 1.165) is 47.9 Å². The van der Waals surface area contributed by atoms with Gasteiger partial charge in [0.1, 0.15) is 5.82 Å². The van der Waals surface area contributed by atoms with E-state index in [-0.39, 0.29) is 0 Å². The summed E-state index contributed by atoms with van der Waals surface area (Å²) in [6.45, 7) is 9.78. The van der Waals surface area contributed by atoms with Gasteiger partial charge in [0.25, 0.3) is 0 Å². The maximum Gasteiger partial charge on any atom is 0.111 e. The molecule has 1 saturated heterocycles. The van der Waals surface area contributed by atoms with Crippen LogP contribution in [0.1, 0.15) is 30.3 Å². The van der Waals surface area contributed by atoms with Crippen molar-refractivity contribution in [2.45, 2.75) is 18.8 Å². The van der Waals surface area contributed by atoms with Crippen molar-refractivity contribution in [2.75, 3.05) is 13.1 Å². The molecular formula is C19H22N4. The van der Waals surface area contributed by atoms with Crippen molar-refractivity contribution in [1.82, 2.24) is 20.3 Å². The van der Waals surface area contributed by atoms with Gasteiger partial charge >= 0.3 is 0 Å². The van der Waals surface area contributed by atoms with Crippen LogP contribution in [0.5, 0.6) is 0 Å². The first-order valence-corrected chi connectivity index (χ1v) is 8.00. The van der Waals surface area contributed by atoms with E-state index in [1.54, 1.807) is 18.5 Å². The van der Waals surface area contributed by atoms with E-state index in [1.807, 2.05) is 24.3 Å². The number of nitrogens with zero attached hydrogens (tertiary/aromatic N) is 2. The van der Waals surface area contributed by atoms with Gasteiger partial charge in [0, 0.05) is 30.4 Å². The van der Waals surface area contributed by atoms with Gasteiger partial charge in [0.2, 0.25) is 0 Å². The second kappa shape index (κ2) is 7.20. The Hall–Kier alpha value is -2.46. The summed E-state index contributed by atoms with van der Waals surface area (Å²) in [7, 11) is 0. The number of allylic oxidation sites excluding steroid dienone is 4. The van der Waals surface area contributed by atoms with E-state index in [4.69, 9.17) is 4.98 Å². The Bertz CT molecular complexity index is 706. The summed E-state index contributed by atoms with van der Waals surface area (Å²) < 4.78 is 0. The zero-order valence-electron chi connectivity index (χ0n) is 13.3. The number of aromatic amines is 1. The van der Waals surface area contributed by atoms with E-state index in [2.05, 4.69) is 28.4 Å². The Morgan fingerprint density at radius 1 is 1.26 bits per heavy atom. The van der Waals surface area contributed by atoms with Gasteiger partial charge in [-0.25, -0.2) is 4.98 Å². The lowest BCUT2D eigenvalue weighted by atomic mass is 9.99. The molecule has 23 heavy (non-hydrogen) atoms. The minimum Gasteiger partial charge on any atom is -0.341 e. The maximum atomic E-state index is 4.91. The van der Waals surface area contributed by atoms with Crippen LogP contribution in [-0.2, 0) is 0 Å². The Kier molecular flexibility index (Phi) is 4.83. The van der Waals surface area contributed by atoms with Gasteiger partial charge in [-0.1, -0.05) is 31.4 Å². The molecule has 1 unspecified atom stereocenters. The standard InChI is InChI=1S/C19H22N4/c1-3-6-14(4-2)17-18(15-8-11-20-12-9-15)23-19(22-17)16-7-5-10-21-13-16/h3-4,6,8-9,11-12,16,21H,1-2,5,7,10,13H2,(H,22,23)/b14-6+. The largest absolute Gasteiger partial charge is 0.341 e. The normalized spacial score (nSPS) is 18.6. The first kappa shape index (κ1) is 15.4. The fraction of sp³-hybridized carbons (Fsp3) is 0.263. The van der Waals surface area contributed by atoms with E-state index >= 15 is 0 Å². The van der Waals surface area contributed by atoms with Crippen molar-refractivity contribution in [2.24, 2.45) is 0 Å². The number of pyridine rings is 1. The van der Waals surface area contributed by atoms with E-state index in [1.165, 1.54) is 6.42 Å². The summed E-state index contributed by atoms with van der Waals surface area (Å²) >= 11 is 0. The van der Waals surface area contributed by atoms with Crippen LogP contribution in [0.25, 0.3) is 16.8 Å². The highest BCUT2D eigenvalue weighted by atomic mass is 15.0. The number of hydrogen-bond donors (Lipinski definition) is 2. The molecule has 0 amide bonds. The molecule has 1 fully saturated rings. The molecule has 3 rings (SSSR count). The van der Waals surface area contributed by atoms with Gasteiger partial charge in [0.05, 0.1) is 11.4 Å². The number of imidazole rings is 1. The first-order valence-electron chi connectivity index (χ1n) is 8.00. The third kappa shape index (κ3) is 3.32. The zero-order chi connectivity index (χ0) is 16.1. The lowest BCUT2D eigenvalue weighted by Gasteiger charge is -2.20. The molecule has 2 aromatic rings. The van der Waals surface area contributed by atoms with Crippen molar-refractivity contribution >= 4 is 5.57 Å². The minimum absolute atomic E-state index is 0.424. The third-order valence-corrected chi connectivity index (χ3v) is 4.17. The lowest BCUT2D eigenvalue weighted by molar-refractivity contribution is 0.449. The summed E-state index contributed by atoms with van der Waals surface area (Å²) in [6, 6.07) is 3.97. The highest BCUT2D eigenvalue weighted by Gasteiger charge is 2.22. The van der Waals surface area contributed by atoms with Crippen molar-refractivity contribution in [3.05, 3.63) is 67.4 Å². The highest BCUT2D eigenvalue weighted by Crippen LogP contribution is 2.31. The average molecular weight is 306 g/mol. The highest BCUT2D eigenvalue weighted by molar-refractivity contribution is 5.82. The molecule has 0 bridgehead atoms. The van der Waals surface area contributed by atoms with Crippen molar-refractivity contribution in [1.29, 1.82) is 0 Å². The molecule has 0 radical (unpaired) electrons. The van der Waals surface area contributed by atoms with Crippen molar-refractivity contribution in [3.8, 4) is 11.3 Å². The molecule has 3 heterocycles. The second-order valence-electron chi connectivity index (χ2n) is 5.69. The third-order valence-electron chi connectivity index (χ3n) is 4.17. The average Bonchev–Trinajstić information content (AvgIpc) is 3.06. The molecule has 0 aliphatic carbocycles. The molecule has 118 valence electrons. The van der Waals surface area contributed by atoms with Crippen LogP contribution in [0.15, 0.2) is 55.9 Å². The van der Waals surface area contributed by atoms with Gasteiger partial charge in [-0.05, 0) is 37.1 Å². The second-order valence-corrected chi connectivity index (χ2v) is 5.69. The number of rotatable bonds is 5. The van der Waals surface area contributed by atoms with Gasteiger partial charge < -0.3 is 10.3 Å². The van der Waals surface area contributed by atoms with E-state index in [9.17, 15) is 0 Å². The summed E-state index contributed by atoms with van der Waals surface area (Å²) in [6.07, 6.45) is 11.5. The topological polar surface area (TPSA) is 53.6 Å². The Labute approximate surface area is 137 Å². The van der Waals surface area contributed by atoms with Gasteiger partial charge in [-0.2, -0.15) is 0 Å². The van der Waals surface area contributed by atoms with Crippen LogP contribution in [0.4, 0.5) is 0 Å². The van der Waals surface area contributed by atoms with Crippen LogP contribution in [0.2, 0.25) is 0 Å². The van der Waals surface area contributed by atoms with E-state index < -0.39 is 0 Å². The maximum absolute atomic E-state index is 4.91. The fourth-order valence-electron chi connectivity index (χ4n) is 2.98. The summed E-state index contributed by atoms with van der Waals surface area (Å²) in [5, 5.41) is 3.45.